The number of hydrogen-bond donors (Lipinski definition) is 1. The zero-order valence-electron chi connectivity index (χ0n) is 11.1. The van der Waals surface area contributed by atoms with Crippen molar-refractivity contribution in [1.29, 1.82) is 0 Å². The molecule has 0 unspecified atom stereocenters. The van der Waals surface area contributed by atoms with Gasteiger partial charge in [-0.15, -0.1) is 0 Å². The number of nitrogens with zero attached hydrogens (tertiary/aromatic N) is 1. The molecular formula is C15H20N2O. The fraction of sp³-hybridized carbons (Fsp3) is 0.533. The molecule has 3 nitrogen and oxygen atoms in total. The molecule has 0 spiro atoms. The van der Waals surface area contributed by atoms with Gasteiger partial charge in [0.25, 0.3) is 0 Å². The van der Waals surface area contributed by atoms with E-state index < -0.39 is 0 Å². The van der Waals surface area contributed by atoms with Crippen LogP contribution in [0.25, 0.3) is 12.2 Å². The summed E-state index contributed by atoms with van der Waals surface area (Å²) in [5.74, 6) is 1.45. The zero-order chi connectivity index (χ0) is 12.6. The second-order valence-corrected chi connectivity index (χ2v) is 5.86. The van der Waals surface area contributed by atoms with E-state index in [1.165, 1.54) is 5.56 Å². The molecule has 96 valence electrons. The summed E-state index contributed by atoms with van der Waals surface area (Å²) >= 11 is 0. The molecule has 18 heavy (non-hydrogen) atoms. The standard InChI is InChI=1S/C15H20N2O/c1-15(2)7-3-12-13(4-8-15)18-17-14(12)11-5-9-16-10-6-11/h3-4,7-8,11,16H,5-6,9-10H2,1-2H3. The number of aromatic nitrogens is 1. The lowest BCUT2D eigenvalue weighted by Gasteiger charge is -2.21. The molecule has 0 atom stereocenters. The highest BCUT2D eigenvalue weighted by Crippen LogP contribution is 2.34. The van der Waals surface area contributed by atoms with E-state index in [-0.39, 0.29) is 5.41 Å². The summed E-state index contributed by atoms with van der Waals surface area (Å²) in [6, 6.07) is 0. The lowest BCUT2D eigenvalue weighted by Crippen LogP contribution is -2.27. The minimum Gasteiger partial charge on any atom is -0.356 e. The maximum absolute atomic E-state index is 5.51. The Morgan fingerprint density at radius 1 is 1.22 bits per heavy atom. The van der Waals surface area contributed by atoms with Gasteiger partial charge in [0.1, 0.15) is 0 Å². The molecule has 0 aromatic carbocycles. The molecule has 1 aromatic rings. The zero-order valence-corrected chi connectivity index (χ0v) is 11.1. The molecule has 0 radical (unpaired) electrons. The maximum Gasteiger partial charge on any atom is 0.166 e. The van der Waals surface area contributed by atoms with Crippen LogP contribution in [0.2, 0.25) is 0 Å². The van der Waals surface area contributed by atoms with Crippen LogP contribution in [0.5, 0.6) is 0 Å². The first kappa shape index (κ1) is 11.7. The van der Waals surface area contributed by atoms with E-state index in [1.807, 2.05) is 0 Å². The average molecular weight is 244 g/mol. The van der Waals surface area contributed by atoms with Crippen molar-refractivity contribution in [3.63, 3.8) is 0 Å². The van der Waals surface area contributed by atoms with Gasteiger partial charge < -0.3 is 9.84 Å². The van der Waals surface area contributed by atoms with Crippen LogP contribution in [0, 0.1) is 5.41 Å². The highest BCUT2D eigenvalue weighted by molar-refractivity contribution is 5.67. The molecule has 1 N–H and O–H groups in total. The highest BCUT2D eigenvalue weighted by Gasteiger charge is 2.25. The third-order valence-electron chi connectivity index (χ3n) is 3.85. The lowest BCUT2D eigenvalue weighted by molar-refractivity contribution is 0.381. The molecule has 3 rings (SSSR count). The third-order valence-corrected chi connectivity index (χ3v) is 3.85. The Balaban J connectivity index is 1.96. The summed E-state index contributed by atoms with van der Waals surface area (Å²) in [7, 11) is 0. The number of hydrogen-bond acceptors (Lipinski definition) is 3. The van der Waals surface area contributed by atoms with Crippen LogP contribution in [0.15, 0.2) is 16.7 Å². The van der Waals surface area contributed by atoms with Crippen molar-refractivity contribution in [2.75, 3.05) is 13.1 Å². The number of allylic oxidation sites excluding steroid dienone is 2. The first-order valence-corrected chi connectivity index (χ1v) is 6.74. The average Bonchev–Trinajstić information content (AvgIpc) is 2.72. The molecule has 0 amide bonds. The fourth-order valence-corrected chi connectivity index (χ4v) is 2.64. The van der Waals surface area contributed by atoms with Gasteiger partial charge in [0, 0.05) is 16.9 Å². The van der Waals surface area contributed by atoms with Crippen LogP contribution in [0.3, 0.4) is 0 Å². The summed E-state index contributed by atoms with van der Waals surface area (Å²) in [6.07, 6.45) is 11.0. The summed E-state index contributed by atoms with van der Waals surface area (Å²) < 4.78 is 5.51. The normalized spacial score (nSPS) is 22.8. The van der Waals surface area contributed by atoms with Gasteiger partial charge in [-0.25, -0.2) is 0 Å². The molecule has 0 bridgehead atoms. The molecule has 1 aromatic heterocycles. The smallest absolute Gasteiger partial charge is 0.166 e. The monoisotopic (exact) mass is 244 g/mol. The number of fused-ring (bicyclic) bond motifs is 1. The molecule has 2 heterocycles. The Morgan fingerprint density at radius 3 is 2.72 bits per heavy atom. The van der Waals surface area contributed by atoms with Crippen molar-refractivity contribution in [2.45, 2.75) is 32.6 Å². The predicted molar refractivity (Wildman–Crippen MR) is 73.2 cm³/mol. The Kier molecular flexibility index (Phi) is 2.86. The minimum atomic E-state index is 0.0902. The molecule has 1 aliphatic carbocycles. The summed E-state index contributed by atoms with van der Waals surface area (Å²) in [5.41, 5.74) is 2.42. The molecule has 3 heteroatoms. The van der Waals surface area contributed by atoms with E-state index >= 15 is 0 Å². The van der Waals surface area contributed by atoms with Crippen LogP contribution in [0.1, 0.15) is 49.6 Å². The van der Waals surface area contributed by atoms with Crippen molar-refractivity contribution < 1.29 is 4.52 Å². The third kappa shape index (κ3) is 2.15. The van der Waals surface area contributed by atoms with Crippen molar-refractivity contribution >= 4 is 12.2 Å². The Hall–Kier alpha value is -1.35. The van der Waals surface area contributed by atoms with E-state index in [4.69, 9.17) is 4.52 Å². The Morgan fingerprint density at radius 2 is 1.94 bits per heavy atom. The number of rotatable bonds is 1. The SMILES string of the molecule is CC1(C)C=Cc2onc(C3CCNCC3)c2C=C1. The van der Waals surface area contributed by atoms with Gasteiger partial charge >= 0.3 is 0 Å². The number of piperidine rings is 1. The van der Waals surface area contributed by atoms with Crippen molar-refractivity contribution in [2.24, 2.45) is 5.41 Å². The highest BCUT2D eigenvalue weighted by atomic mass is 16.5. The van der Waals surface area contributed by atoms with Gasteiger partial charge in [-0.2, -0.15) is 0 Å². The van der Waals surface area contributed by atoms with E-state index in [0.29, 0.717) is 5.92 Å². The van der Waals surface area contributed by atoms with Gasteiger partial charge in [-0.1, -0.05) is 37.2 Å². The van der Waals surface area contributed by atoms with Crippen molar-refractivity contribution in [3.05, 3.63) is 29.2 Å². The van der Waals surface area contributed by atoms with Gasteiger partial charge in [-0.3, -0.25) is 0 Å². The quantitative estimate of drug-likeness (QED) is 0.824. The lowest BCUT2D eigenvalue weighted by atomic mass is 9.90. The van der Waals surface area contributed by atoms with Crippen molar-refractivity contribution in [1.82, 2.24) is 10.5 Å². The first-order chi connectivity index (χ1) is 8.66. The largest absolute Gasteiger partial charge is 0.356 e. The Labute approximate surface area is 108 Å². The number of nitrogens with one attached hydrogen (secondary N) is 1. The predicted octanol–water partition coefficient (Wildman–Crippen LogP) is 3.21. The summed E-state index contributed by atoms with van der Waals surface area (Å²) in [4.78, 5) is 0. The second kappa shape index (κ2) is 4.39. The van der Waals surface area contributed by atoms with Gasteiger partial charge in [0.15, 0.2) is 5.76 Å². The maximum atomic E-state index is 5.51. The molecule has 0 saturated carbocycles. The van der Waals surface area contributed by atoms with E-state index in [1.54, 1.807) is 0 Å². The molecular weight excluding hydrogens is 224 g/mol. The van der Waals surface area contributed by atoms with Crippen LogP contribution in [-0.4, -0.2) is 18.2 Å². The summed E-state index contributed by atoms with van der Waals surface area (Å²) in [6.45, 7) is 6.56. The molecule has 2 aliphatic rings. The minimum absolute atomic E-state index is 0.0902. The Bertz CT molecular complexity index is 491. The van der Waals surface area contributed by atoms with E-state index in [9.17, 15) is 0 Å². The second-order valence-electron chi connectivity index (χ2n) is 5.86. The van der Waals surface area contributed by atoms with Gasteiger partial charge in [-0.05, 0) is 32.0 Å². The molecule has 1 fully saturated rings. The van der Waals surface area contributed by atoms with Crippen LogP contribution in [0.4, 0.5) is 0 Å². The van der Waals surface area contributed by atoms with E-state index in [0.717, 1.165) is 37.4 Å². The van der Waals surface area contributed by atoms with Crippen LogP contribution < -0.4 is 5.32 Å². The topological polar surface area (TPSA) is 38.1 Å². The van der Waals surface area contributed by atoms with Crippen molar-refractivity contribution in [3.8, 4) is 0 Å². The van der Waals surface area contributed by atoms with Gasteiger partial charge in [0.2, 0.25) is 0 Å². The fourth-order valence-electron chi connectivity index (χ4n) is 2.64. The molecule has 1 aliphatic heterocycles. The molecule has 1 saturated heterocycles. The van der Waals surface area contributed by atoms with Crippen LogP contribution in [-0.2, 0) is 0 Å². The first-order valence-electron chi connectivity index (χ1n) is 6.74. The van der Waals surface area contributed by atoms with Crippen LogP contribution >= 0.6 is 0 Å². The van der Waals surface area contributed by atoms with Gasteiger partial charge in [0.05, 0.1) is 5.69 Å². The van der Waals surface area contributed by atoms with E-state index in [2.05, 4.69) is 48.6 Å². The summed E-state index contributed by atoms with van der Waals surface area (Å²) in [5, 5.41) is 7.70.